The minimum absolute atomic E-state index is 0.129. The summed E-state index contributed by atoms with van der Waals surface area (Å²) in [5.74, 6) is -1.02. The van der Waals surface area contributed by atoms with E-state index >= 15 is 0 Å². The monoisotopic (exact) mass is 253 g/mol. The first-order valence-corrected chi connectivity index (χ1v) is 5.80. The van der Waals surface area contributed by atoms with Crippen molar-refractivity contribution in [3.05, 3.63) is 53.9 Å². The van der Waals surface area contributed by atoms with Crippen molar-refractivity contribution in [2.75, 3.05) is 0 Å². The molecule has 5 nitrogen and oxygen atoms in total. The number of aryl methyl sites for hydroxylation is 1. The zero-order valence-electron chi connectivity index (χ0n) is 10.2. The molecule has 5 heteroatoms. The smallest absolute Gasteiger partial charge is 0.341 e. The molecule has 0 saturated heterocycles. The Morgan fingerprint density at radius 2 is 2.00 bits per heavy atom. The number of benzene rings is 1. The van der Waals surface area contributed by atoms with E-state index in [1.54, 1.807) is 18.5 Å². The predicted octanol–water partition coefficient (Wildman–Crippen LogP) is 2.40. The number of aromatic nitrogens is 3. The van der Waals surface area contributed by atoms with Crippen LogP contribution in [0.3, 0.4) is 0 Å². The predicted molar refractivity (Wildman–Crippen MR) is 70.1 cm³/mol. The molecule has 0 bridgehead atoms. The molecule has 0 atom stereocenters. The van der Waals surface area contributed by atoms with E-state index in [1.807, 2.05) is 31.2 Å². The highest BCUT2D eigenvalue weighted by molar-refractivity contribution is 6.01. The fourth-order valence-electron chi connectivity index (χ4n) is 2.00. The Hall–Kier alpha value is -2.69. The van der Waals surface area contributed by atoms with Gasteiger partial charge < -0.3 is 5.11 Å². The molecule has 0 spiro atoms. The summed E-state index contributed by atoms with van der Waals surface area (Å²) < 4.78 is 1.48. The van der Waals surface area contributed by atoms with Gasteiger partial charge >= 0.3 is 5.97 Å². The fourth-order valence-corrected chi connectivity index (χ4v) is 2.00. The topological polar surface area (TPSA) is 67.5 Å². The molecule has 3 aromatic rings. The summed E-state index contributed by atoms with van der Waals surface area (Å²) >= 11 is 0. The van der Waals surface area contributed by atoms with Crippen molar-refractivity contribution in [3.63, 3.8) is 0 Å². The Labute approximate surface area is 109 Å². The minimum atomic E-state index is -1.02. The summed E-state index contributed by atoms with van der Waals surface area (Å²) in [4.78, 5) is 15.5. The molecule has 2 heterocycles. The average Bonchev–Trinajstić information content (AvgIpc) is 2.78. The minimum Gasteiger partial charge on any atom is -0.477 e. The van der Waals surface area contributed by atoms with Crippen LogP contribution in [0.5, 0.6) is 0 Å². The van der Waals surface area contributed by atoms with Crippen LogP contribution in [0.4, 0.5) is 0 Å². The first-order chi connectivity index (χ1) is 9.16. The van der Waals surface area contributed by atoms with Crippen molar-refractivity contribution in [1.29, 1.82) is 0 Å². The van der Waals surface area contributed by atoms with Crippen LogP contribution in [0.25, 0.3) is 16.9 Å². The van der Waals surface area contributed by atoms with Gasteiger partial charge in [0.25, 0.3) is 0 Å². The van der Waals surface area contributed by atoms with Crippen LogP contribution < -0.4 is 0 Å². The SMILES string of the molecule is Cc1ccc(-c2nn3cccnc3c2C(=O)O)cc1. The number of aromatic carboxylic acids is 1. The Morgan fingerprint density at radius 3 is 2.68 bits per heavy atom. The Balaban J connectivity index is 2.31. The fraction of sp³-hybridized carbons (Fsp3) is 0.0714. The van der Waals surface area contributed by atoms with E-state index in [0.29, 0.717) is 11.3 Å². The molecule has 3 rings (SSSR count). The zero-order chi connectivity index (χ0) is 13.4. The van der Waals surface area contributed by atoms with E-state index in [4.69, 9.17) is 0 Å². The molecule has 94 valence electrons. The van der Waals surface area contributed by atoms with Gasteiger partial charge in [-0.1, -0.05) is 29.8 Å². The van der Waals surface area contributed by atoms with Crippen LogP contribution in [0.2, 0.25) is 0 Å². The number of hydrogen-bond donors (Lipinski definition) is 1. The molecular formula is C14H11N3O2. The van der Waals surface area contributed by atoms with Crippen molar-refractivity contribution in [2.45, 2.75) is 6.92 Å². The van der Waals surface area contributed by atoms with Crippen molar-refractivity contribution in [1.82, 2.24) is 14.6 Å². The van der Waals surface area contributed by atoms with Gasteiger partial charge in [0.15, 0.2) is 5.65 Å². The van der Waals surface area contributed by atoms with Crippen molar-refractivity contribution >= 4 is 11.6 Å². The van der Waals surface area contributed by atoms with Crippen molar-refractivity contribution < 1.29 is 9.90 Å². The standard InChI is InChI=1S/C14H11N3O2/c1-9-3-5-10(6-4-9)12-11(14(18)19)13-15-7-2-8-17(13)16-12/h2-8H,1H3,(H,18,19). The lowest BCUT2D eigenvalue weighted by molar-refractivity contribution is 0.0699. The highest BCUT2D eigenvalue weighted by Crippen LogP contribution is 2.25. The summed E-state index contributed by atoms with van der Waals surface area (Å²) in [6.45, 7) is 1.98. The number of carboxylic acids is 1. The number of carbonyl (C=O) groups is 1. The lowest BCUT2D eigenvalue weighted by Gasteiger charge is -1.99. The number of nitrogens with zero attached hydrogens (tertiary/aromatic N) is 3. The molecule has 0 unspecified atom stereocenters. The van der Waals surface area contributed by atoms with E-state index < -0.39 is 5.97 Å². The van der Waals surface area contributed by atoms with Crippen LogP contribution in [0.1, 0.15) is 15.9 Å². The number of hydrogen-bond acceptors (Lipinski definition) is 3. The molecule has 1 aromatic carbocycles. The van der Waals surface area contributed by atoms with Gasteiger partial charge in [0.05, 0.1) is 0 Å². The molecule has 19 heavy (non-hydrogen) atoms. The third-order valence-corrected chi connectivity index (χ3v) is 2.93. The molecule has 0 aliphatic rings. The number of carboxylic acid groups (broad SMARTS) is 1. The molecule has 0 amide bonds. The molecule has 2 aromatic heterocycles. The van der Waals surface area contributed by atoms with Gasteiger partial charge in [0.2, 0.25) is 0 Å². The maximum absolute atomic E-state index is 11.4. The largest absolute Gasteiger partial charge is 0.477 e. The van der Waals surface area contributed by atoms with Gasteiger partial charge in [-0.2, -0.15) is 5.10 Å². The van der Waals surface area contributed by atoms with Gasteiger partial charge in [0, 0.05) is 18.0 Å². The summed E-state index contributed by atoms with van der Waals surface area (Å²) in [6, 6.07) is 9.30. The Bertz CT molecular complexity index is 760. The highest BCUT2D eigenvalue weighted by atomic mass is 16.4. The lowest BCUT2D eigenvalue weighted by atomic mass is 10.1. The zero-order valence-corrected chi connectivity index (χ0v) is 10.2. The summed E-state index contributed by atoms with van der Waals surface area (Å²) in [7, 11) is 0. The second-order valence-corrected chi connectivity index (χ2v) is 4.28. The Morgan fingerprint density at radius 1 is 1.26 bits per heavy atom. The van der Waals surface area contributed by atoms with Crippen LogP contribution in [0.15, 0.2) is 42.7 Å². The van der Waals surface area contributed by atoms with Crippen molar-refractivity contribution in [3.8, 4) is 11.3 Å². The summed E-state index contributed by atoms with van der Waals surface area (Å²) in [6.07, 6.45) is 3.24. The molecule has 0 fully saturated rings. The van der Waals surface area contributed by atoms with E-state index in [0.717, 1.165) is 11.1 Å². The highest BCUT2D eigenvalue weighted by Gasteiger charge is 2.20. The van der Waals surface area contributed by atoms with Crippen molar-refractivity contribution in [2.24, 2.45) is 0 Å². The first kappa shape index (κ1) is 11.4. The number of rotatable bonds is 2. The second-order valence-electron chi connectivity index (χ2n) is 4.28. The maximum Gasteiger partial charge on any atom is 0.341 e. The average molecular weight is 253 g/mol. The number of fused-ring (bicyclic) bond motifs is 1. The van der Waals surface area contributed by atoms with Gasteiger partial charge in [-0.3, -0.25) is 0 Å². The van der Waals surface area contributed by atoms with E-state index in [2.05, 4.69) is 10.1 Å². The van der Waals surface area contributed by atoms with Gasteiger partial charge in [0.1, 0.15) is 11.3 Å². The quantitative estimate of drug-likeness (QED) is 0.761. The molecule has 0 saturated carbocycles. The van der Waals surface area contributed by atoms with Gasteiger partial charge in [-0.05, 0) is 13.0 Å². The third-order valence-electron chi connectivity index (χ3n) is 2.93. The molecule has 0 radical (unpaired) electrons. The van der Waals surface area contributed by atoms with E-state index in [1.165, 1.54) is 4.52 Å². The van der Waals surface area contributed by atoms with Crippen LogP contribution >= 0.6 is 0 Å². The van der Waals surface area contributed by atoms with Crippen LogP contribution in [-0.4, -0.2) is 25.7 Å². The molecule has 0 aliphatic heterocycles. The van der Waals surface area contributed by atoms with E-state index in [-0.39, 0.29) is 5.56 Å². The van der Waals surface area contributed by atoms with Crippen LogP contribution in [0, 0.1) is 6.92 Å². The lowest BCUT2D eigenvalue weighted by Crippen LogP contribution is -1.99. The van der Waals surface area contributed by atoms with E-state index in [9.17, 15) is 9.90 Å². The second kappa shape index (κ2) is 4.20. The normalized spacial score (nSPS) is 10.8. The summed E-state index contributed by atoms with van der Waals surface area (Å²) in [5, 5.41) is 13.7. The van der Waals surface area contributed by atoms with Gasteiger partial charge in [-0.15, -0.1) is 0 Å². The maximum atomic E-state index is 11.4. The first-order valence-electron chi connectivity index (χ1n) is 5.80. The Kier molecular flexibility index (Phi) is 2.52. The van der Waals surface area contributed by atoms with Crippen LogP contribution in [-0.2, 0) is 0 Å². The molecule has 1 N–H and O–H groups in total. The van der Waals surface area contributed by atoms with Gasteiger partial charge in [-0.25, -0.2) is 14.3 Å². The molecule has 0 aliphatic carbocycles. The molecular weight excluding hydrogens is 242 g/mol. The summed E-state index contributed by atoms with van der Waals surface area (Å²) in [5.41, 5.74) is 2.80. The third kappa shape index (κ3) is 1.85.